The maximum absolute atomic E-state index is 5.72. The van der Waals surface area contributed by atoms with Crippen molar-refractivity contribution in [1.29, 1.82) is 0 Å². The lowest BCUT2D eigenvalue weighted by molar-refractivity contribution is 0.0610. The molecule has 0 aliphatic heterocycles. The van der Waals surface area contributed by atoms with Gasteiger partial charge in [0.25, 0.3) is 0 Å². The quantitative estimate of drug-likeness (QED) is 0.793. The van der Waals surface area contributed by atoms with E-state index in [1.54, 1.807) is 0 Å². The van der Waals surface area contributed by atoms with Crippen molar-refractivity contribution in [2.45, 2.75) is 46.3 Å². The lowest BCUT2D eigenvalue weighted by Gasteiger charge is -2.20. The highest BCUT2D eigenvalue weighted by Crippen LogP contribution is 2.17. The molecule has 0 aliphatic carbocycles. The Morgan fingerprint density at radius 3 is 2.65 bits per heavy atom. The zero-order chi connectivity index (χ0) is 12.8. The topological polar surface area (TPSA) is 39.1 Å². The predicted molar refractivity (Wildman–Crippen MR) is 70.1 cm³/mol. The minimum Gasteiger partial charge on any atom is -0.377 e. The monoisotopic (exact) mass is 239 g/mol. The molecule has 17 heavy (non-hydrogen) atoms. The minimum absolute atomic E-state index is 0.242. The number of nitrogens with zero attached hydrogens (tertiary/aromatic N) is 2. The molecule has 1 heterocycles. The smallest absolute Gasteiger partial charge is 0.0666 e. The van der Waals surface area contributed by atoms with Crippen LogP contribution in [-0.4, -0.2) is 29.0 Å². The highest BCUT2D eigenvalue weighted by Gasteiger charge is 2.16. The molecule has 0 aromatic carbocycles. The number of aromatic nitrogens is 2. The van der Waals surface area contributed by atoms with Crippen LogP contribution < -0.4 is 5.32 Å². The standard InChI is InChI=1S/C13H25N3O/c1-6-7-14-13(9-17-10(2)3)12-8-15-16(5)11(12)4/h8,10,13-14H,6-7,9H2,1-5H3. The Balaban J connectivity index is 2.71. The normalized spacial score (nSPS) is 13.3. The van der Waals surface area contributed by atoms with E-state index in [4.69, 9.17) is 4.74 Å². The fourth-order valence-electron chi connectivity index (χ4n) is 1.72. The summed E-state index contributed by atoms with van der Waals surface area (Å²) in [5, 5.41) is 7.81. The maximum Gasteiger partial charge on any atom is 0.0666 e. The Labute approximate surface area is 104 Å². The molecular formula is C13H25N3O. The van der Waals surface area contributed by atoms with Gasteiger partial charge in [0.05, 0.1) is 24.9 Å². The van der Waals surface area contributed by atoms with E-state index in [9.17, 15) is 0 Å². The summed E-state index contributed by atoms with van der Waals surface area (Å²) in [5.41, 5.74) is 2.44. The molecule has 0 bridgehead atoms. The van der Waals surface area contributed by atoms with Crippen molar-refractivity contribution in [3.63, 3.8) is 0 Å². The van der Waals surface area contributed by atoms with Gasteiger partial charge in [-0.25, -0.2) is 0 Å². The van der Waals surface area contributed by atoms with E-state index in [1.807, 2.05) is 17.9 Å². The minimum atomic E-state index is 0.242. The van der Waals surface area contributed by atoms with Gasteiger partial charge < -0.3 is 10.1 Å². The van der Waals surface area contributed by atoms with Crippen molar-refractivity contribution >= 4 is 0 Å². The van der Waals surface area contributed by atoms with Gasteiger partial charge in [0.1, 0.15) is 0 Å². The van der Waals surface area contributed by atoms with Crippen LogP contribution in [0.2, 0.25) is 0 Å². The largest absolute Gasteiger partial charge is 0.377 e. The van der Waals surface area contributed by atoms with Crippen LogP contribution in [0.4, 0.5) is 0 Å². The highest BCUT2D eigenvalue weighted by molar-refractivity contribution is 5.20. The van der Waals surface area contributed by atoms with Gasteiger partial charge in [0.15, 0.2) is 0 Å². The molecule has 1 N–H and O–H groups in total. The van der Waals surface area contributed by atoms with Gasteiger partial charge in [-0.1, -0.05) is 6.92 Å². The maximum atomic E-state index is 5.72. The fourth-order valence-corrected chi connectivity index (χ4v) is 1.72. The van der Waals surface area contributed by atoms with E-state index in [0.717, 1.165) is 13.0 Å². The van der Waals surface area contributed by atoms with Gasteiger partial charge in [-0.05, 0) is 33.7 Å². The fraction of sp³-hybridized carbons (Fsp3) is 0.769. The summed E-state index contributed by atoms with van der Waals surface area (Å²) in [6.07, 6.45) is 3.32. The molecule has 1 unspecified atom stereocenters. The van der Waals surface area contributed by atoms with Crippen LogP contribution in [0.25, 0.3) is 0 Å². The SMILES string of the molecule is CCCNC(COC(C)C)c1cnn(C)c1C. The second-order valence-corrected chi connectivity index (χ2v) is 4.70. The third-order valence-corrected chi connectivity index (χ3v) is 2.89. The first-order valence-corrected chi connectivity index (χ1v) is 6.39. The van der Waals surface area contributed by atoms with Gasteiger partial charge >= 0.3 is 0 Å². The lowest BCUT2D eigenvalue weighted by atomic mass is 10.1. The summed E-state index contributed by atoms with van der Waals surface area (Å²) in [4.78, 5) is 0. The van der Waals surface area contributed by atoms with E-state index in [0.29, 0.717) is 6.61 Å². The molecule has 1 atom stereocenters. The Morgan fingerprint density at radius 2 is 2.18 bits per heavy atom. The number of rotatable bonds is 7. The molecule has 1 aromatic heterocycles. The van der Waals surface area contributed by atoms with Crippen LogP contribution in [0.15, 0.2) is 6.20 Å². The summed E-state index contributed by atoms with van der Waals surface area (Å²) < 4.78 is 7.63. The van der Waals surface area contributed by atoms with Crippen LogP contribution in [0, 0.1) is 6.92 Å². The molecule has 0 saturated heterocycles. The Morgan fingerprint density at radius 1 is 1.47 bits per heavy atom. The highest BCUT2D eigenvalue weighted by atomic mass is 16.5. The Kier molecular flexibility index (Phi) is 5.65. The van der Waals surface area contributed by atoms with Gasteiger partial charge in [-0.3, -0.25) is 4.68 Å². The summed E-state index contributed by atoms with van der Waals surface area (Å²) in [7, 11) is 1.97. The molecule has 4 nitrogen and oxygen atoms in total. The third kappa shape index (κ3) is 4.13. The number of hydrogen-bond acceptors (Lipinski definition) is 3. The summed E-state index contributed by atoms with van der Waals surface area (Å²) in [5.74, 6) is 0. The average Bonchev–Trinajstić information content (AvgIpc) is 2.60. The second kappa shape index (κ2) is 6.77. The molecule has 1 aromatic rings. The van der Waals surface area contributed by atoms with Gasteiger partial charge in [-0.2, -0.15) is 5.10 Å². The van der Waals surface area contributed by atoms with Crippen molar-refractivity contribution in [2.24, 2.45) is 7.05 Å². The molecule has 98 valence electrons. The van der Waals surface area contributed by atoms with Crippen LogP contribution in [0.5, 0.6) is 0 Å². The van der Waals surface area contributed by atoms with Crippen molar-refractivity contribution in [1.82, 2.24) is 15.1 Å². The first-order chi connectivity index (χ1) is 8.06. The Bertz CT molecular complexity index is 333. The zero-order valence-electron chi connectivity index (χ0n) is 11.7. The third-order valence-electron chi connectivity index (χ3n) is 2.89. The summed E-state index contributed by atoms with van der Waals surface area (Å²) in [6.45, 7) is 10.1. The number of hydrogen-bond donors (Lipinski definition) is 1. The van der Waals surface area contributed by atoms with Crippen molar-refractivity contribution < 1.29 is 4.74 Å². The van der Waals surface area contributed by atoms with E-state index in [-0.39, 0.29) is 12.1 Å². The van der Waals surface area contributed by atoms with Crippen LogP contribution in [0.3, 0.4) is 0 Å². The van der Waals surface area contributed by atoms with Gasteiger partial charge in [0.2, 0.25) is 0 Å². The summed E-state index contributed by atoms with van der Waals surface area (Å²) in [6, 6.07) is 0.242. The van der Waals surface area contributed by atoms with Crippen LogP contribution in [-0.2, 0) is 11.8 Å². The van der Waals surface area contributed by atoms with E-state index < -0.39 is 0 Å². The van der Waals surface area contributed by atoms with Crippen molar-refractivity contribution in [2.75, 3.05) is 13.2 Å². The molecule has 0 spiro atoms. The zero-order valence-corrected chi connectivity index (χ0v) is 11.7. The van der Waals surface area contributed by atoms with E-state index >= 15 is 0 Å². The number of ether oxygens (including phenoxy) is 1. The second-order valence-electron chi connectivity index (χ2n) is 4.70. The molecule has 0 saturated carbocycles. The summed E-state index contributed by atoms with van der Waals surface area (Å²) >= 11 is 0. The van der Waals surface area contributed by atoms with Crippen molar-refractivity contribution in [3.8, 4) is 0 Å². The van der Waals surface area contributed by atoms with Gasteiger partial charge in [-0.15, -0.1) is 0 Å². The van der Waals surface area contributed by atoms with Crippen LogP contribution >= 0.6 is 0 Å². The average molecular weight is 239 g/mol. The van der Waals surface area contributed by atoms with Crippen molar-refractivity contribution in [3.05, 3.63) is 17.5 Å². The molecule has 1 rings (SSSR count). The molecular weight excluding hydrogens is 214 g/mol. The lowest BCUT2D eigenvalue weighted by Crippen LogP contribution is -2.28. The molecule has 0 aliphatic rings. The van der Waals surface area contributed by atoms with Crippen LogP contribution in [0.1, 0.15) is 44.5 Å². The first-order valence-electron chi connectivity index (χ1n) is 6.39. The van der Waals surface area contributed by atoms with Gasteiger partial charge in [0, 0.05) is 18.3 Å². The first kappa shape index (κ1) is 14.2. The predicted octanol–water partition coefficient (Wildman–Crippen LogP) is 2.19. The number of nitrogens with one attached hydrogen (secondary N) is 1. The molecule has 0 fully saturated rings. The number of aryl methyl sites for hydroxylation is 1. The Hall–Kier alpha value is -0.870. The molecule has 0 radical (unpaired) electrons. The molecule has 0 amide bonds. The molecule has 4 heteroatoms. The van der Waals surface area contributed by atoms with E-state index in [1.165, 1.54) is 11.3 Å². The van der Waals surface area contributed by atoms with E-state index in [2.05, 4.69) is 38.1 Å².